The van der Waals surface area contributed by atoms with Crippen molar-refractivity contribution >= 4 is 17.2 Å². The fraction of sp³-hybridized carbons (Fsp3) is 0.500. The molecule has 1 rings (SSSR count). The molecule has 0 aliphatic rings. The van der Waals surface area contributed by atoms with Crippen LogP contribution in [0.3, 0.4) is 0 Å². The second-order valence-corrected chi connectivity index (χ2v) is 4.28. The molecule has 1 amide bonds. The zero-order valence-corrected chi connectivity index (χ0v) is 9.36. The molecule has 0 saturated heterocycles. The maximum Gasteiger partial charge on any atom is 0.221 e. The van der Waals surface area contributed by atoms with Crippen molar-refractivity contribution < 1.29 is 4.79 Å². The number of amides is 1. The van der Waals surface area contributed by atoms with Gasteiger partial charge in [-0.05, 0) is 25.4 Å². The Labute approximate surface area is 88.5 Å². The van der Waals surface area contributed by atoms with Gasteiger partial charge < -0.3 is 10.6 Å². The largest absolute Gasteiger partial charge is 0.351 e. The predicted molar refractivity (Wildman–Crippen MR) is 59.3 cm³/mol. The average molecular weight is 212 g/mol. The van der Waals surface area contributed by atoms with Gasteiger partial charge >= 0.3 is 0 Å². The summed E-state index contributed by atoms with van der Waals surface area (Å²) in [4.78, 5) is 12.6. The lowest BCUT2D eigenvalue weighted by Crippen LogP contribution is -2.31. The molecule has 0 fully saturated rings. The van der Waals surface area contributed by atoms with Crippen LogP contribution in [0.1, 0.15) is 18.2 Å². The number of hydrogen-bond donors (Lipinski definition) is 2. The predicted octanol–water partition coefficient (Wildman–Crippen LogP) is 1.36. The third-order valence-corrected chi connectivity index (χ3v) is 2.90. The molecule has 4 heteroatoms. The molecule has 1 atom stereocenters. The molecule has 0 saturated carbocycles. The zero-order chi connectivity index (χ0) is 10.4. The summed E-state index contributed by atoms with van der Waals surface area (Å²) in [7, 11) is 1.86. The van der Waals surface area contributed by atoms with Gasteiger partial charge in [0.2, 0.25) is 5.91 Å². The van der Waals surface area contributed by atoms with Crippen LogP contribution in [0.4, 0.5) is 0 Å². The maximum atomic E-state index is 11.4. The van der Waals surface area contributed by atoms with E-state index in [0.29, 0.717) is 13.0 Å². The van der Waals surface area contributed by atoms with Crippen LogP contribution in [-0.2, 0) is 11.3 Å². The van der Waals surface area contributed by atoms with Crippen LogP contribution >= 0.6 is 11.3 Å². The SMILES string of the molecule is CNC(C)CC(=O)NCc1cccs1. The van der Waals surface area contributed by atoms with E-state index in [-0.39, 0.29) is 11.9 Å². The lowest BCUT2D eigenvalue weighted by molar-refractivity contribution is -0.121. The monoisotopic (exact) mass is 212 g/mol. The van der Waals surface area contributed by atoms with Crippen molar-refractivity contribution in [2.45, 2.75) is 25.9 Å². The van der Waals surface area contributed by atoms with Gasteiger partial charge in [-0.25, -0.2) is 0 Å². The Kier molecular flexibility index (Phi) is 4.62. The van der Waals surface area contributed by atoms with Crippen LogP contribution in [0.5, 0.6) is 0 Å². The Morgan fingerprint density at radius 2 is 2.43 bits per heavy atom. The van der Waals surface area contributed by atoms with Crippen molar-refractivity contribution in [3.05, 3.63) is 22.4 Å². The Hall–Kier alpha value is -0.870. The first-order valence-electron chi connectivity index (χ1n) is 4.68. The third kappa shape index (κ3) is 3.89. The number of carbonyl (C=O) groups is 1. The molecule has 3 nitrogen and oxygen atoms in total. The molecule has 0 aliphatic carbocycles. The van der Waals surface area contributed by atoms with Crippen LogP contribution < -0.4 is 10.6 Å². The van der Waals surface area contributed by atoms with Crippen molar-refractivity contribution in [1.29, 1.82) is 0 Å². The second-order valence-electron chi connectivity index (χ2n) is 3.25. The van der Waals surface area contributed by atoms with E-state index in [0.717, 1.165) is 0 Å². The van der Waals surface area contributed by atoms with E-state index in [1.807, 2.05) is 31.5 Å². The van der Waals surface area contributed by atoms with Gasteiger partial charge in [0.15, 0.2) is 0 Å². The molecule has 1 aromatic heterocycles. The number of thiophene rings is 1. The van der Waals surface area contributed by atoms with E-state index in [4.69, 9.17) is 0 Å². The number of nitrogens with one attached hydrogen (secondary N) is 2. The molecule has 0 spiro atoms. The van der Waals surface area contributed by atoms with Gasteiger partial charge in [0.25, 0.3) is 0 Å². The lowest BCUT2D eigenvalue weighted by Gasteiger charge is -2.09. The summed E-state index contributed by atoms with van der Waals surface area (Å²) >= 11 is 1.66. The molecule has 2 N–H and O–H groups in total. The summed E-state index contributed by atoms with van der Waals surface area (Å²) < 4.78 is 0. The molecule has 1 aromatic rings. The van der Waals surface area contributed by atoms with Gasteiger partial charge in [-0.1, -0.05) is 6.07 Å². The van der Waals surface area contributed by atoms with Crippen LogP contribution in [-0.4, -0.2) is 19.0 Å². The first-order valence-corrected chi connectivity index (χ1v) is 5.56. The van der Waals surface area contributed by atoms with Gasteiger partial charge in [0.05, 0.1) is 6.54 Å². The van der Waals surface area contributed by atoms with E-state index in [1.165, 1.54) is 4.88 Å². The highest BCUT2D eigenvalue weighted by Crippen LogP contribution is 2.07. The number of hydrogen-bond acceptors (Lipinski definition) is 3. The van der Waals surface area contributed by atoms with Crippen molar-refractivity contribution in [3.8, 4) is 0 Å². The second kappa shape index (κ2) is 5.78. The van der Waals surface area contributed by atoms with Gasteiger partial charge in [0.1, 0.15) is 0 Å². The highest BCUT2D eigenvalue weighted by Gasteiger charge is 2.06. The molecule has 14 heavy (non-hydrogen) atoms. The fourth-order valence-corrected chi connectivity index (χ4v) is 1.70. The molecule has 0 aliphatic heterocycles. The zero-order valence-electron chi connectivity index (χ0n) is 8.54. The van der Waals surface area contributed by atoms with Crippen molar-refractivity contribution in [1.82, 2.24) is 10.6 Å². The van der Waals surface area contributed by atoms with E-state index in [2.05, 4.69) is 10.6 Å². The van der Waals surface area contributed by atoms with Crippen LogP contribution in [0.15, 0.2) is 17.5 Å². The molecule has 78 valence electrons. The molecular formula is C10H16N2OS. The van der Waals surface area contributed by atoms with Crippen molar-refractivity contribution in [3.63, 3.8) is 0 Å². The lowest BCUT2D eigenvalue weighted by atomic mass is 10.2. The van der Waals surface area contributed by atoms with Crippen LogP contribution in [0, 0.1) is 0 Å². The summed E-state index contributed by atoms with van der Waals surface area (Å²) in [6.45, 7) is 2.64. The van der Waals surface area contributed by atoms with E-state index in [9.17, 15) is 4.79 Å². The minimum atomic E-state index is 0.0975. The molecular weight excluding hydrogens is 196 g/mol. The fourth-order valence-electron chi connectivity index (χ4n) is 1.05. The molecule has 0 bridgehead atoms. The maximum absolute atomic E-state index is 11.4. The Bertz CT molecular complexity index is 272. The first-order chi connectivity index (χ1) is 6.72. The van der Waals surface area contributed by atoms with Gasteiger partial charge in [-0.3, -0.25) is 4.79 Å². The molecule has 0 radical (unpaired) electrons. The van der Waals surface area contributed by atoms with Crippen LogP contribution in [0.2, 0.25) is 0 Å². The Morgan fingerprint density at radius 1 is 1.64 bits per heavy atom. The van der Waals surface area contributed by atoms with Crippen molar-refractivity contribution in [2.24, 2.45) is 0 Å². The van der Waals surface area contributed by atoms with Gasteiger partial charge in [-0.2, -0.15) is 0 Å². The normalized spacial score (nSPS) is 12.4. The summed E-state index contributed by atoms with van der Waals surface area (Å²) in [6.07, 6.45) is 0.530. The van der Waals surface area contributed by atoms with Crippen LogP contribution in [0.25, 0.3) is 0 Å². The van der Waals surface area contributed by atoms with Gasteiger partial charge in [-0.15, -0.1) is 11.3 Å². The first kappa shape index (κ1) is 11.2. The number of carbonyl (C=O) groups excluding carboxylic acids is 1. The average Bonchev–Trinajstić information content (AvgIpc) is 2.67. The van der Waals surface area contributed by atoms with E-state index in [1.54, 1.807) is 11.3 Å². The Balaban J connectivity index is 2.22. The molecule has 1 heterocycles. The Morgan fingerprint density at radius 3 is 3.00 bits per heavy atom. The minimum absolute atomic E-state index is 0.0975. The summed E-state index contributed by atoms with van der Waals surface area (Å²) in [5, 5.41) is 7.92. The third-order valence-electron chi connectivity index (χ3n) is 2.02. The number of rotatable bonds is 5. The standard InChI is InChI=1S/C10H16N2OS/c1-8(11-2)6-10(13)12-7-9-4-3-5-14-9/h3-5,8,11H,6-7H2,1-2H3,(H,12,13). The summed E-state index contributed by atoms with van der Waals surface area (Å²) in [5.74, 6) is 0.0975. The summed E-state index contributed by atoms with van der Waals surface area (Å²) in [5.41, 5.74) is 0. The minimum Gasteiger partial charge on any atom is -0.351 e. The molecule has 0 aromatic carbocycles. The highest BCUT2D eigenvalue weighted by molar-refractivity contribution is 7.09. The van der Waals surface area contributed by atoms with E-state index < -0.39 is 0 Å². The van der Waals surface area contributed by atoms with Crippen molar-refractivity contribution in [2.75, 3.05) is 7.05 Å². The smallest absolute Gasteiger partial charge is 0.221 e. The highest BCUT2D eigenvalue weighted by atomic mass is 32.1. The molecule has 1 unspecified atom stereocenters. The summed E-state index contributed by atoms with van der Waals surface area (Å²) in [6, 6.07) is 4.24. The van der Waals surface area contributed by atoms with E-state index >= 15 is 0 Å². The van der Waals surface area contributed by atoms with Gasteiger partial charge in [0, 0.05) is 17.3 Å². The topological polar surface area (TPSA) is 41.1 Å². The quantitative estimate of drug-likeness (QED) is 0.774.